The van der Waals surface area contributed by atoms with E-state index in [-0.39, 0.29) is 5.95 Å². The predicted molar refractivity (Wildman–Crippen MR) is 75.5 cm³/mol. The summed E-state index contributed by atoms with van der Waals surface area (Å²) in [5, 5.41) is 13.4. The molecule has 0 atom stereocenters. The summed E-state index contributed by atoms with van der Waals surface area (Å²) in [5.74, 6) is 0.192. The van der Waals surface area contributed by atoms with E-state index in [0.717, 1.165) is 23.5 Å². The van der Waals surface area contributed by atoms with Gasteiger partial charge in [-0.3, -0.25) is 0 Å². The molecule has 9 nitrogen and oxygen atoms in total. The largest absolute Gasteiger partial charge is 0.368 e. The van der Waals surface area contributed by atoms with E-state index in [1.54, 1.807) is 6.33 Å². The van der Waals surface area contributed by atoms with Crippen LogP contribution in [-0.2, 0) is 0 Å². The molecule has 3 heterocycles. The highest BCUT2D eigenvalue weighted by Gasteiger charge is 2.23. The number of imidazole rings is 1. The van der Waals surface area contributed by atoms with Crippen molar-refractivity contribution in [2.75, 3.05) is 5.73 Å². The molecule has 3 N–H and O–H groups in total. The van der Waals surface area contributed by atoms with Crippen molar-refractivity contribution in [3.63, 3.8) is 0 Å². The molecule has 1 saturated carbocycles. The summed E-state index contributed by atoms with van der Waals surface area (Å²) in [4.78, 5) is 15.5. The van der Waals surface area contributed by atoms with Gasteiger partial charge < -0.3 is 10.7 Å². The molecule has 0 unspecified atom stereocenters. The number of anilines is 1. The van der Waals surface area contributed by atoms with Crippen LogP contribution in [-0.4, -0.2) is 40.1 Å². The number of H-pyrrole nitrogens is 1. The van der Waals surface area contributed by atoms with Crippen molar-refractivity contribution in [3.8, 4) is 0 Å². The minimum absolute atomic E-state index is 0.192. The molecular weight excluding hydrogens is 290 g/mol. The topological polar surface area (TPSA) is 124 Å². The smallest absolute Gasteiger partial charge is 0.223 e. The molecule has 0 radical (unpaired) electrons. The SMILES string of the molecule is Nc1nc(Sc2nnnn2C2CCCC2)c2[nH]cnc2n1. The fourth-order valence-corrected chi connectivity index (χ4v) is 3.53. The van der Waals surface area contributed by atoms with Crippen LogP contribution in [0.15, 0.2) is 16.5 Å². The molecule has 1 aliphatic carbocycles. The molecule has 3 aromatic heterocycles. The summed E-state index contributed by atoms with van der Waals surface area (Å²) >= 11 is 1.38. The van der Waals surface area contributed by atoms with Gasteiger partial charge in [0.1, 0.15) is 10.5 Å². The fraction of sp³-hybridized carbons (Fsp3) is 0.455. The summed E-state index contributed by atoms with van der Waals surface area (Å²) in [7, 11) is 0. The number of nitrogens with one attached hydrogen (secondary N) is 1. The van der Waals surface area contributed by atoms with Crippen LogP contribution in [0.3, 0.4) is 0 Å². The van der Waals surface area contributed by atoms with E-state index in [1.165, 1.54) is 24.6 Å². The third-order valence-corrected chi connectivity index (χ3v) is 4.53. The van der Waals surface area contributed by atoms with Gasteiger partial charge in [-0.2, -0.15) is 4.98 Å². The molecule has 0 aliphatic heterocycles. The van der Waals surface area contributed by atoms with Crippen LogP contribution < -0.4 is 5.73 Å². The first-order valence-corrected chi connectivity index (χ1v) is 7.55. The maximum absolute atomic E-state index is 5.73. The van der Waals surface area contributed by atoms with E-state index in [1.807, 2.05) is 4.68 Å². The number of hydrogen-bond donors (Lipinski definition) is 2. The van der Waals surface area contributed by atoms with Gasteiger partial charge in [0.05, 0.1) is 12.4 Å². The zero-order valence-corrected chi connectivity index (χ0v) is 11.9. The lowest BCUT2D eigenvalue weighted by molar-refractivity contribution is 0.423. The average Bonchev–Trinajstić information content (AvgIpc) is 3.18. The second kappa shape index (κ2) is 4.95. The van der Waals surface area contributed by atoms with Crippen LogP contribution in [0.25, 0.3) is 11.2 Å². The van der Waals surface area contributed by atoms with Gasteiger partial charge in [0, 0.05) is 0 Å². The molecule has 108 valence electrons. The zero-order valence-electron chi connectivity index (χ0n) is 11.1. The van der Waals surface area contributed by atoms with E-state index in [9.17, 15) is 0 Å². The Hall–Kier alpha value is -2.23. The molecule has 3 aromatic rings. The van der Waals surface area contributed by atoms with Gasteiger partial charge >= 0.3 is 0 Å². The Balaban J connectivity index is 1.72. The van der Waals surface area contributed by atoms with Gasteiger partial charge in [-0.1, -0.05) is 12.8 Å². The minimum Gasteiger partial charge on any atom is -0.368 e. The van der Waals surface area contributed by atoms with Crippen LogP contribution in [0.5, 0.6) is 0 Å². The normalized spacial score (nSPS) is 16.0. The molecule has 0 aromatic carbocycles. The van der Waals surface area contributed by atoms with Crippen molar-refractivity contribution in [1.29, 1.82) is 0 Å². The number of hydrogen-bond acceptors (Lipinski definition) is 8. The van der Waals surface area contributed by atoms with E-state index in [2.05, 4.69) is 35.5 Å². The van der Waals surface area contributed by atoms with Crippen LogP contribution in [0, 0.1) is 0 Å². The average molecular weight is 303 g/mol. The van der Waals surface area contributed by atoms with Crippen LogP contribution >= 0.6 is 11.8 Å². The molecule has 1 fully saturated rings. The Morgan fingerprint density at radius 2 is 2.14 bits per heavy atom. The first-order chi connectivity index (χ1) is 10.3. The van der Waals surface area contributed by atoms with Crippen LogP contribution in [0.4, 0.5) is 5.95 Å². The van der Waals surface area contributed by atoms with Gasteiger partial charge in [0.2, 0.25) is 11.1 Å². The molecule has 21 heavy (non-hydrogen) atoms. The molecule has 0 saturated heterocycles. The number of tetrazole rings is 1. The Labute approximate surface area is 123 Å². The number of fused-ring (bicyclic) bond motifs is 1. The monoisotopic (exact) mass is 303 g/mol. The number of rotatable bonds is 3. The molecule has 0 bridgehead atoms. The zero-order chi connectivity index (χ0) is 14.2. The van der Waals surface area contributed by atoms with E-state index in [4.69, 9.17) is 5.73 Å². The minimum atomic E-state index is 0.192. The first-order valence-electron chi connectivity index (χ1n) is 6.73. The summed E-state index contributed by atoms with van der Waals surface area (Å²) in [6.45, 7) is 0. The number of nitrogens with two attached hydrogens (primary N) is 1. The molecule has 0 amide bonds. The summed E-state index contributed by atoms with van der Waals surface area (Å²) in [6, 6.07) is 0.374. The van der Waals surface area contributed by atoms with Crippen molar-refractivity contribution in [1.82, 2.24) is 40.1 Å². The Morgan fingerprint density at radius 3 is 3.00 bits per heavy atom. The lowest BCUT2D eigenvalue weighted by Gasteiger charge is -2.10. The van der Waals surface area contributed by atoms with Gasteiger partial charge in [-0.25, -0.2) is 14.6 Å². The second-order valence-electron chi connectivity index (χ2n) is 4.93. The van der Waals surface area contributed by atoms with E-state index >= 15 is 0 Å². The van der Waals surface area contributed by atoms with E-state index in [0.29, 0.717) is 16.7 Å². The first kappa shape index (κ1) is 12.5. The summed E-state index contributed by atoms with van der Waals surface area (Å²) in [5.41, 5.74) is 7.02. The lowest BCUT2D eigenvalue weighted by Crippen LogP contribution is -2.08. The fourth-order valence-electron chi connectivity index (χ4n) is 2.61. The quantitative estimate of drug-likeness (QED) is 0.691. The number of nitrogen functional groups attached to an aromatic ring is 1. The molecule has 10 heteroatoms. The van der Waals surface area contributed by atoms with Gasteiger partial charge in [-0.05, 0) is 35.0 Å². The third kappa shape index (κ3) is 2.20. The number of aromatic nitrogens is 8. The molecule has 0 spiro atoms. The Kier molecular flexibility index (Phi) is 2.95. The highest BCUT2D eigenvalue weighted by molar-refractivity contribution is 7.99. The molecule has 4 rings (SSSR count). The lowest BCUT2D eigenvalue weighted by atomic mass is 10.3. The second-order valence-corrected chi connectivity index (χ2v) is 5.89. The maximum Gasteiger partial charge on any atom is 0.223 e. The third-order valence-electron chi connectivity index (χ3n) is 3.59. The summed E-state index contributed by atoms with van der Waals surface area (Å²) in [6.07, 6.45) is 6.25. The Morgan fingerprint density at radius 1 is 1.29 bits per heavy atom. The number of aromatic amines is 1. The Bertz CT molecular complexity index is 773. The molecule has 1 aliphatic rings. The standard InChI is InChI=1S/C11H13N9S/c12-10-15-8-7(13-5-14-8)9(16-10)21-11-17-18-19-20(11)6-3-1-2-4-6/h5-6H,1-4H2,(H3,12,13,14,15,16). The van der Waals surface area contributed by atoms with Crippen LogP contribution in [0.2, 0.25) is 0 Å². The highest BCUT2D eigenvalue weighted by Crippen LogP contribution is 2.34. The van der Waals surface area contributed by atoms with Crippen molar-refractivity contribution < 1.29 is 0 Å². The van der Waals surface area contributed by atoms with Crippen molar-refractivity contribution in [2.45, 2.75) is 41.9 Å². The maximum atomic E-state index is 5.73. The highest BCUT2D eigenvalue weighted by atomic mass is 32.2. The van der Waals surface area contributed by atoms with Crippen molar-refractivity contribution in [3.05, 3.63) is 6.33 Å². The van der Waals surface area contributed by atoms with Gasteiger partial charge in [0.15, 0.2) is 5.65 Å². The molecular formula is C11H13N9S. The van der Waals surface area contributed by atoms with Gasteiger partial charge in [-0.15, -0.1) is 5.10 Å². The van der Waals surface area contributed by atoms with E-state index < -0.39 is 0 Å². The van der Waals surface area contributed by atoms with Gasteiger partial charge in [0.25, 0.3) is 0 Å². The van der Waals surface area contributed by atoms with Crippen molar-refractivity contribution >= 4 is 28.9 Å². The van der Waals surface area contributed by atoms with Crippen LogP contribution in [0.1, 0.15) is 31.7 Å². The number of nitrogens with zero attached hydrogens (tertiary/aromatic N) is 7. The predicted octanol–water partition coefficient (Wildman–Crippen LogP) is 1.19. The summed E-state index contributed by atoms with van der Waals surface area (Å²) < 4.78 is 1.89. The van der Waals surface area contributed by atoms with Crippen molar-refractivity contribution in [2.24, 2.45) is 0 Å².